The first-order chi connectivity index (χ1) is 9.31. The largest absolute Gasteiger partial charge is 0.469 e. The molecule has 1 fully saturated rings. The van der Waals surface area contributed by atoms with Crippen molar-refractivity contribution >= 4 is 12.1 Å². The van der Waals surface area contributed by atoms with Gasteiger partial charge in [0.25, 0.3) is 0 Å². The van der Waals surface area contributed by atoms with Gasteiger partial charge in [-0.3, -0.25) is 4.79 Å². The fraction of sp³-hybridized carbons (Fsp3) is 0.857. The smallest absolute Gasteiger partial charge is 0.410 e. The molecule has 6 heteroatoms. The van der Waals surface area contributed by atoms with E-state index in [1.54, 1.807) is 4.90 Å². The van der Waals surface area contributed by atoms with Crippen LogP contribution in [-0.2, 0) is 14.3 Å². The summed E-state index contributed by atoms with van der Waals surface area (Å²) in [6, 6.07) is 0. The molecule has 0 bridgehead atoms. The van der Waals surface area contributed by atoms with Gasteiger partial charge in [0.2, 0.25) is 0 Å². The third kappa shape index (κ3) is 6.23. The number of hydrogen-bond donors (Lipinski definition) is 0. The van der Waals surface area contributed by atoms with Crippen molar-refractivity contribution in [2.24, 2.45) is 0 Å². The normalized spacial score (nSPS) is 17.5. The molecule has 1 aliphatic heterocycles. The molecule has 0 aromatic carbocycles. The molecule has 0 aromatic rings. The van der Waals surface area contributed by atoms with Crippen molar-refractivity contribution < 1.29 is 19.1 Å². The molecule has 1 saturated heterocycles. The second-order valence-electron chi connectivity index (χ2n) is 5.99. The number of hydrogen-bond acceptors (Lipinski definition) is 5. The Morgan fingerprint density at radius 3 is 2.40 bits per heavy atom. The van der Waals surface area contributed by atoms with E-state index in [-0.39, 0.29) is 12.1 Å². The SMILES string of the molecule is COC(=O)CCN1CCCN(C(=O)OC(C)(C)C)CC1. The number of carbonyl (C=O) groups excluding carboxylic acids is 2. The second-order valence-corrected chi connectivity index (χ2v) is 5.99. The van der Waals surface area contributed by atoms with Crippen molar-refractivity contribution in [1.82, 2.24) is 9.80 Å². The Morgan fingerprint density at radius 1 is 1.10 bits per heavy atom. The molecule has 0 aromatic heterocycles. The maximum Gasteiger partial charge on any atom is 0.410 e. The number of esters is 1. The fourth-order valence-corrected chi connectivity index (χ4v) is 2.06. The third-order valence-electron chi connectivity index (χ3n) is 3.10. The lowest BCUT2D eigenvalue weighted by molar-refractivity contribution is -0.141. The maximum atomic E-state index is 12.0. The van der Waals surface area contributed by atoms with Gasteiger partial charge in [0.15, 0.2) is 0 Å². The molecule has 0 saturated carbocycles. The summed E-state index contributed by atoms with van der Waals surface area (Å²) in [5.74, 6) is -0.196. The van der Waals surface area contributed by atoms with Crippen LogP contribution < -0.4 is 0 Å². The average Bonchev–Trinajstić information content (AvgIpc) is 2.59. The van der Waals surface area contributed by atoms with E-state index in [4.69, 9.17) is 4.74 Å². The minimum Gasteiger partial charge on any atom is -0.469 e. The van der Waals surface area contributed by atoms with Crippen LogP contribution in [0.1, 0.15) is 33.6 Å². The molecule has 0 N–H and O–H groups in total. The number of ether oxygens (including phenoxy) is 2. The van der Waals surface area contributed by atoms with Crippen LogP contribution >= 0.6 is 0 Å². The third-order valence-corrected chi connectivity index (χ3v) is 3.10. The van der Waals surface area contributed by atoms with E-state index in [9.17, 15) is 9.59 Å². The van der Waals surface area contributed by atoms with E-state index in [0.29, 0.717) is 26.1 Å². The van der Waals surface area contributed by atoms with Crippen LogP contribution in [0.2, 0.25) is 0 Å². The van der Waals surface area contributed by atoms with E-state index in [2.05, 4.69) is 9.64 Å². The lowest BCUT2D eigenvalue weighted by atomic mass is 10.2. The number of rotatable bonds is 3. The Kier molecular flexibility index (Phi) is 6.26. The zero-order valence-corrected chi connectivity index (χ0v) is 13.0. The summed E-state index contributed by atoms with van der Waals surface area (Å²) in [7, 11) is 1.40. The molecule has 0 spiro atoms. The Balaban J connectivity index is 2.39. The van der Waals surface area contributed by atoms with Gasteiger partial charge in [-0.25, -0.2) is 4.79 Å². The lowest BCUT2D eigenvalue weighted by Gasteiger charge is -2.26. The molecule has 0 unspecified atom stereocenters. The zero-order chi connectivity index (χ0) is 15.2. The summed E-state index contributed by atoms with van der Waals surface area (Å²) in [6.07, 6.45) is 1.02. The van der Waals surface area contributed by atoms with Gasteiger partial charge < -0.3 is 19.3 Å². The van der Waals surface area contributed by atoms with E-state index >= 15 is 0 Å². The molecule has 1 aliphatic rings. The van der Waals surface area contributed by atoms with Crippen LogP contribution in [0.25, 0.3) is 0 Å². The van der Waals surface area contributed by atoms with Crippen molar-refractivity contribution in [3.8, 4) is 0 Å². The van der Waals surface area contributed by atoms with Crippen molar-refractivity contribution in [2.75, 3.05) is 39.8 Å². The van der Waals surface area contributed by atoms with Crippen LogP contribution in [0.15, 0.2) is 0 Å². The topological polar surface area (TPSA) is 59.1 Å². The number of carbonyl (C=O) groups is 2. The highest BCUT2D eigenvalue weighted by molar-refractivity contribution is 5.69. The van der Waals surface area contributed by atoms with Gasteiger partial charge in [-0.2, -0.15) is 0 Å². The summed E-state index contributed by atoms with van der Waals surface area (Å²) in [4.78, 5) is 27.1. The maximum absolute atomic E-state index is 12.0. The van der Waals surface area contributed by atoms with E-state index in [1.807, 2.05) is 20.8 Å². The molecular formula is C14H26N2O4. The zero-order valence-electron chi connectivity index (χ0n) is 13.0. The van der Waals surface area contributed by atoms with Gasteiger partial charge >= 0.3 is 12.1 Å². The van der Waals surface area contributed by atoms with Crippen LogP contribution in [0.5, 0.6) is 0 Å². The highest BCUT2D eigenvalue weighted by Gasteiger charge is 2.24. The average molecular weight is 286 g/mol. The highest BCUT2D eigenvalue weighted by atomic mass is 16.6. The van der Waals surface area contributed by atoms with Gasteiger partial charge in [-0.05, 0) is 33.7 Å². The fourth-order valence-electron chi connectivity index (χ4n) is 2.06. The Morgan fingerprint density at radius 2 is 1.80 bits per heavy atom. The number of nitrogens with zero attached hydrogens (tertiary/aromatic N) is 2. The quantitative estimate of drug-likeness (QED) is 0.736. The van der Waals surface area contributed by atoms with Gasteiger partial charge in [-0.15, -0.1) is 0 Å². The van der Waals surface area contributed by atoms with Gasteiger partial charge in [0.05, 0.1) is 13.5 Å². The first-order valence-electron chi connectivity index (χ1n) is 7.09. The highest BCUT2D eigenvalue weighted by Crippen LogP contribution is 2.12. The number of amides is 1. The molecular weight excluding hydrogens is 260 g/mol. The van der Waals surface area contributed by atoms with Crippen molar-refractivity contribution in [3.05, 3.63) is 0 Å². The van der Waals surface area contributed by atoms with E-state index in [0.717, 1.165) is 19.5 Å². The van der Waals surface area contributed by atoms with Crippen LogP contribution in [0.4, 0.5) is 4.79 Å². The Bertz CT molecular complexity index is 339. The Labute approximate surface area is 121 Å². The van der Waals surface area contributed by atoms with Crippen LogP contribution in [-0.4, -0.2) is 67.3 Å². The van der Waals surface area contributed by atoms with Gasteiger partial charge in [0.1, 0.15) is 5.60 Å². The van der Waals surface area contributed by atoms with E-state index < -0.39 is 5.60 Å². The standard InChI is InChI=1S/C14H26N2O4/c1-14(2,3)20-13(18)16-8-5-7-15(10-11-16)9-6-12(17)19-4/h5-11H2,1-4H3. The lowest BCUT2D eigenvalue weighted by Crippen LogP contribution is -2.39. The predicted octanol–water partition coefficient (Wildman–Crippen LogP) is 1.49. The molecule has 0 radical (unpaired) electrons. The molecule has 1 heterocycles. The molecule has 6 nitrogen and oxygen atoms in total. The summed E-state index contributed by atoms with van der Waals surface area (Å²) in [6.45, 7) is 9.25. The summed E-state index contributed by atoms with van der Waals surface area (Å²) >= 11 is 0. The minimum atomic E-state index is -0.464. The molecule has 1 amide bonds. The van der Waals surface area contributed by atoms with Crippen molar-refractivity contribution in [2.45, 2.75) is 39.2 Å². The molecule has 116 valence electrons. The van der Waals surface area contributed by atoms with Crippen molar-refractivity contribution in [3.63, 3.8) is 0 Å². The monoisotopic (exact) mass is 286 g/mol. The second kappa shape index (κ2) is 7.47. The summed E-state index contributed by atoms with van der Waals surface area (Å²) in [5, 5.41) is 0. The predicted molar refractivity (Wildman–Crippen MR) is 75.5 cm³/mol. The minimum absolute atomic E-state index is 0.196. The van der Waals surface area contributed by atoms with Gasteiger partial charge in [-0.1, -0.05) is 0 Å². The first kappa shape index (κ1) is 16.8. The summed E-state index contributed by atoms with van der Waals surface area (Å²) in [5.41, 5.74) is -0.464. The van der Waals surface area contributed by atoms with Gasteiger partial charge in [0, 0.05) is 26.2 Å². The molecule has 20 heavy (non-hydrogen) atoms. The molecule has 0 atom stereocenters. The summed E-state index contributed by atoms with van der Waals surface area (Å²) < 4.78 is 10.0. The number of methoxy groups -OCH3 is 1. The van der Waals surface area contributed by atoms with E-state index in [1.165, 1.54) is 7.11 Å². The molecule has 1 rings (SSSR count). The van der Waals surface area contributed by atoms with Crippen molar-refractivity contribution in [1.29, 1.82) is 0 Å². The van der Waals surface area contributed by atoms with Crippen LogP contribution in [0, 0.1) is 0 Å². The molecule has 0 aliphatic carbocycles. The Hall–Kier alpha value is -1.30. The first-order valence-corrected chi connectivity index (χ1v) is 7.09. The van der Waals surface area contributed by atoms with Crippen LogP contribution in [0.3, 0.4) is 0 Å².